The van der Waals surface area contributed by atoms with Crippen LogP contribution in [0.15, 0.2) is 18.2 Å². The molecule has 3 heteroatoms. The van der Waals surface area contributed by atoms with Gasteiger partial charge in [-0.05, 0) is 37.0 Å². The lowest BCUT2D eigenvalue weighted by Gasteiger charge is -2.41. The average molecular weight is 233 g/mol. The van der Waals surface area contributed by atoms with Gasteiger partial charge in [0.25, 0.3) is 0 Å². The SMILES string of the molecule is Cc1cccc(N(C)C)c1C1(C(=O)O)CCC1. The number of rotatable bonds is 3. The van der Waals surface area contributed by atoms with Crippen molar-refractivity contribution in [3.63, 3.8) is 0 Å². The molecule has 2 rings (SSSR count). The zero-order chi connectivity index (χ0) is 12.6. The smallest absolute Gasteiger partial charge is 0.314 e. The fraction of sp³-hybridized carbons (Fsp3) is 0.500. The molecule has 17 heavy (non-hydrogen) atoms. The van der Waals surface area contributed by atoms with Gasteiger partial charge in [0.2, 0.25) is 0 Å². The molecule has 1 saturated carbocycles. The quantitative estimate of drug-likeness (QED) is 0.872. The van der Waals surface area contributed by atoms with Gasteiger partial charge in [-0.15, -0.1) is 0 Å². The molecule has 0 amide bonds. The predicted octanol–water partition coefficient (Wildman–Crippen LogP) is 2.57. The Morgan fingerprint density at radius 1 is 1.35 bits per heavy atom. The van der Waals surface area contributed by atoms with Gasteiger partial charge in [-0.3, -0.25) is 4.79 Å². The van der Waals surface area contributed by atoms with Gasteiger partial charge in [0.15, 0.2) is 0 Å². The van der Waals surface area contributed by atoms with Crippen molar-refractivity contribution in [2.24, 2.45) is 0 Å². The van der Waals surface area contributed by atoms with Crippen molar-refractivity contribution >= 4 is 11.7 Å². The molecule has 1 fully saturated rings. The maximum absolute atomic E-state index is 11.6. The van der Waals surface area contributed by atoms with Crippen LogP contribution >= 0.6 is 0 Å². The normalized spacial score (nSPS) is 17.4. The molecule has 0 saturated heterocycles. The number of anilines is 1. The Labute approximate surface area is 102 Å². The van der Waals surface area contributed by atoms with E-state index < -0.39 is 11.4 Å². The van der Waals surface area contributed by atoms with Crippen LogP contribution in [0.3, 0.4) is 0 Å². The molecule has 1 N–H and O–H groups in total. The Morgan fingerprint density at radius 3 is 2.41 bits per heavy atom. The lowest BCUT2D eigenvalue weighted by molar-refractivity contribution is -0.147. The van der Waals surface area contributed by atoms with Crippen LogP contribution in [0.25, 0.3) is 0 Å². The Kier molecular flexibility index (Phi) is 2.86. The predicted molar refractivity (Wildman–Crippen MR) is 68.7 cm³/mol. The molecule has 0 radical (unpaired) electrons. The Balaban J connectivity index is 2.61. The molecule has 0 heterocycles. The second-order valence-corrected chi connectivity index (χ2v) is 5.10. The third-order valence-corrected chi connectivity index (χ3v) is 3.83. The number of hydrogen-bond acceptors (Lipinski definition) is 2. The number of nitrogens with zero attached hydrogens (tertiary/aromatic N) is 1. The molecule has 0 atom stereocenters. The highest BCUT2D eigenvalue weighted by atomic mass is 16.4. The highest BCUT2D eigenvalue weighted by molar-refractivity contribution is 5.86. The molecule has 1 aliphatic carbocycles. The van der Waals surface area contributed by atoms with Gasteiger partial charge in [0.1, 0.15) is 0 Å². The van der Waals surface area contributed by atoms with Gasteiger partial charge in [-0.25, -0.2) is 0 Å². The molecule has 0 unspecified atom stereocenters. The summed E-state index contributed by atoms with van der Waals surface area (Å²) in [6.45, 7) is 2.01. The standard InChI is InChI=1S/C14H19NO2/c1-10-6-4-7-11(15(2)3)12(10)14(13(16)17)8-5-9-14/h4,6-7H,5,8-9H2,1-3H3,(H,16,17). The minimum Gasteiger partial charge on any atom is -0.481 e. The van der Waals surface area contributed by atoms with E-state index >= 15 is 0 Å². The number of carboxylic acids is 1. The minimum atomic E-state index is -0.679. The summed E-state index contributed by atoms with van der Waals surface area (Å²) in [5.41, 5.74) is 2.47. The van der Waals surface area contributed by atoms with Crippen molar-refractivity contribution in [1.29, 1.82) is 0 Å². The molecule has 0 aromatic heterocycles. The van der Waals surface area contributed by atoms with Crippen LogP contribution in [0, 0.1) is 6.92 Å². The summed E-state index contributed by atoms with van der Waals surface area (Å²) in [4.78, 5) is 13.6. The lowest BCUT2D eigenvalue weighted by Crippen LogP contribution is -2.43. The van der Waals surface area contributed by atoms with E-state index in [0.29, 0.717) is 0 Å². The van der Waals surface area contributed by atoms with Crippen LogP contribution in [-0.4, -0.2) is 25.2 Å². The summed E-state index contributed by atoms with van der Waals surface area (Å²) in [5.74, 6) is -0.679. The summed E-state index contributed by atoms with van der Waals surface area (Å²) in [6, 6.07) is 6.00. The summed E-state index contributed by atoms with van der Waals surface area (Å²) in [6.07, 6.45) is 2.52. The zero-order valence-corrected chi connectivity index (χ0v) is 10.7. The molecule has 1 aliphatic rings. The van der Waals surface area contributed by atoms with Crippen molar-refractivity contribution in [2.75, 3.05) is 19.0 Å². The van der Waals surface area contributed by atoms with E-state index in [1.165, 1.54) is 0 Å². The zero-order valence-electron chi connectivity index (χ0n) is 10.7. The summed E-state index contributed by atoms with van der Waals surface area (Å²) >= 11 is 0. The molecular weight excluding hydrogens is 214 g/mol. The van der Waals surface area contributed by atoms with Crippen molar-refractivity contribution in [3.05, 3.63) is 29.3 Å². The van der Waals surface area contributed by atoms with E-state index in [0.717, 1.165) is 36.1 Å². The average Bonchev–Trinajstić information content (AvgIpc) is 2.17. The van der Waals surface area contributed by atoms with E-state index in [1.807, 2.05) is 44.1 Å². The van der Waals surface area contributed by atoms with Crippen molar-refractivity contribution in [3.8, 4) is 0 Å². The van der Waals surface area contributed by atoms with Gasteiger partial charge in [-0.2, -0.15) is 0 Å². The third-order valence-electron chi connectivity index (χ3n) is 3.83. The van der Waals surface area contributed by atoms with Gasteiger partial charge in [0, 0.05) is 19.8 Å². The maximum atomic E-state index is 11.6. The first-order chi connectivity index (χ1) is 7.99. The Hall–Kier alpha value is -1.51. The number of aliphatic carboxylic acids is 1. The monoisotopic (exact) mass is 233 g/mol. The van der Waals surface area contributed by atoms with Crippen LogP contribution in [0.5, 0.6) is 0 Å². The fourth-order valence-corrected chi connectivity index (χ4v) is 2.75. The van der Waals surface area contributed by atoms with Gasteiger partial charge >= 0.3 is 5.97 Å². The summed E-state index contributed by atoms with van der Waals surface area (Å²) in [7, 11) is 3.93. The van der Waals surface area contributed by atoms with E-state index in [1.54, 1.807) is 0 Å². The molecular formula is C14H19NO2. The first-order valence-corrected chi connectivity index (χ1v) is 6.00. The molecule has 92 valence electrons. The van der Waals surface area contributed by atoms with Gasteiger partial charge < -0.3 is 10.0 Å². The van der Waals surface area contributed by atoms with E-state index in [2.05, 4.69) is 0 Å². The van der Waals surface area contributed by atoms with Crippen LogP contribution in [0.1, 0.15) is 30.4 Å². The van der Waals surface area contributed by atoms with Crippen molar-refractivity contribution < 1.29 is 9.90 Å². The van der Waals surface area contributed by atoms with Gasteiger partial charge in [-0.1, -0.05) is 18.6 Å². The van der Waals surface area contributed by atoms with Gasteiger partial charge in [0.05, 0.1) is 5.41 Å². The number of aryl methyl sites for hydroxylation is 1. The van der Waals surface area contributed by atoms with E-state index in [4.69, 9.17) is 0 Å². The Bertz CT molecular complexity index is 448. The first-order valence-electron chi connectivity index (χ1n) is 6.00. The van der Waals surface area contributed by atoms with Crippen LogP contribution < -0.4 is 4.90 Å². The summed E-state index contributed by atoms with van der Waals surface area (Å²) in [5, 5.41) is 9.55. The minimum absolute atomic E-state index is 0.648. The molecule has 0 spiro atoms. The molecule has 1 aromatic carbocycles. The highest BCUT2D eigenvalue weighted by Gasteiger charge is 2.48. The second-order valence-electron chi connectivity index (χ2n) is 5.10. The van der Waals surface area contributed by atoms with Crippen LogP contribution in [0.4, 0.5) is 5.69 Å². The van der Waals surface area contributed by atoms with E-state index in [-0.39, 0.29) is 0 Å². The van der Waals surface area contributed by atoms with Crippen LogP contribution in [-0.2, 0) is 10.2 Å². The largest absolute Gasteiger partial charge is 0.481 e. The maximum Gasteiger partial charge on any atom is 0.314 e. The van der Waals surface area contributed by atoms with Crippen molar-refractivity contribution in [2.45, 2.75) is 31.6 Å². The highest BCUT2D eigenvalue weighted by Crippen LogP contribution is 2.48. The van der Waals surface area contributed by atoms with E-state index in [9.17, 15) is 9.90 Å². The molecule has 3 nitrogen and oxygen atoms in total. The molecule has 0 bridgehead atoms. The lowest BCUT2D eigenvalue weighted by atomic mass is 9.63. The van der Waals surface area contributed by atoms with Crippen molar-refractivity contribution in [1.82, 2.24) is 0 Å². The number of hydrogen-bond donors (Lipinski definition) is 1. The topological polar surface area (TPSA) is 40.5 Å². The number of benzene rings is 1. The second kappa shape index (κ2) is 4.06. The number of carbonyl (C=O) groups is 1. The van der Waals surface area contributed by atoms with Crippen LogP contribution in [0.2, 0.25) is 0 Å². The third kappa shape index (κ3) is 1.70. The summed E-state index contributed by atoms with van der Waals surface area (Å²) < 4.78 is 0. The molecule has 0 aliphatic heterocycles. The number of carboxylic acid groups (broad SMARTS) is 1. The molecule has 1 aromatic rings. The fourth-order valence-electron chi connectivity index (χ4n) is 2.75. The Morgan fingerprint density at radius 2 is 2.00 bits per heavy atom. The first kappa shape index (κ1) is 12.0.